The lowest BCUT2D eigenvalue weighted by Crippen LogP contribution is -2.28. The fourth-order valence-corrected chi connectivity index (χ4v) is 1.50. The van der Waals surface area contributed by atoms with Crippen LogP contribution in [0.15, 0.2) is 18.3 Å². The quantitative estimate of drug-likeness (QED) is 0.686. The first kappa shape index (κ1) is 13.6. The van der Waals surface area contributed by atoms with Gasteiger partial charge in [-0.3, -0.25) is 14.6 Å². The standard InChI is InChI=1S/C11H11FN6O2/c12-6-2-1-4-14-8(6)9-10(17-18-16-9)11(20)15-5-3-7(13)19/h1-2,4H,3,5H2,(H2,13,19)(H,15,20)(H,16,17,18). The molecule has 4 N–H and O–H groups in total. The van der Waals surface area contributed by atoms with E-state index in [9.17, 15) is 14.0 Å². The lowest BCUT2D eigenvalue weighted by atomic mass is 10.2. The number of halogens is 1. The average Bonchev–Trinajstić information content (AvgIpc) is 2.87. The van der Waals surface area contributed by atoms with E-state index in [1.165, 1.54) is 18.3 Å². The van der Waals surface area contributed by atoms with Crippen LogP contribution in [0.3, 0.4) is 0 Å². The number of hydrogen-bond donors (Lipinski definition) is 3. The van der Waals surface area contributed by atoms with Gasteiger partial charge in [0.1, 0.15) is 11.4 Å². The van der Waals surface area contributed by atoms with Gasteiger partial charge in [-0.25, -0.2) is 4.39 Å². The highest BCUT2D eigenvalue weighted by Crippen LogP contribution is 2.19. The van der Waals surface area contributed by atoms with E-state index in [2.05, 4.69) is 25.7 Å². The van der Waals surface area contributed by atoms with Gasteiger partial charge in [0, 0.05) is 19.2 Å². The maximum atomic E-state index is 13.6. The third-order valence-corrected chi connectivity index (χ3v) is 2.40. The molecule has 0 atom stereocenters. The number of H-pyrrole nitrogens is 1. The Morgan fingerprint density at radius 1 is 1.35 bits per heavy atom. The minimum absolute atomic E-state index is 0.000301. The molecular formula is C11H11FN6O2. The van der Waals surface area contributed by atoms with E-state index in [4.69, 9.17) is 5.73 Å². The second-order valence-corrected chi connectivity index (χ2v) is 3.83. The summed E-state index contributed by atoms with van der Waals surface area (Å²) in [6.45, 7) is 0.0607. The predicted octanol–water partition coefficient (Wildman–Crippen LogP) is -0.389. The second-order valence-electron chi connectivity index (χ2n) is 3.83. The topological polar surface area (TPSA) is 127 Å². The van der Waals surface area contributed by atoms with Crippen LogP contribution >= 0.6 is 0 Å². The zero-order valence-electron chi connectivity index (χ0n) is 10.3. The molecule has 2 heterocycles. The number of carbonyl (C=O) groups excluding carboxylic acids is 2. The van der Waals surface area contributed by atoms with Crippen molar-refractivity contribution in [1.29, 1.82) is 0 Å². The number of pyridine rings is 1. The van der Waals surface area contributed by atoms with E-state index in [1.54, 1.807) is 0 Å². The molecule has 0 radical (unpaired) electrons. The molecule has 9 heteroatoms. The molecule has 0 fully saturated rings. The summed E-state index contributed by atoms with van der Waals surface area (Å²) in [5.74, 6) is -1.76. The molecule has 104 valence electrons. The zero-order valence-corrected chi connectivity index (χ0v) is 10.3. The molecule has 0 unspecified atom stereocenters. The van der Waals surface area contributed by atoms with Crippen LogP contribution in [0.4, 0.5) is 4.39 Å². The maximum absolute atomic E-state index is 13.6. The van der Waals surface area contributed by atoms with Crippen LogP contribution < -0.4 is 11.1 Å². The number of amides is 2. The first-order valence-electron chi connectivity index (χ1n) is 5.67. The summed E-state index contributed by atoms with van der Waals surface area (Å²) >= 11 is 0. The molecule has 2 aromatic rings. The normalized spacial score (nSPS) is 10.2. The molecule has 2 rings (SSSR count). The highest BCUT2D eigenvalue weighted by Gasteiger charge is 2.21. The van der Waals surface area contributed by atoms with Crippen LogP contribution in [0.5, 0.6) is 0 Å². The van der Waals surface area contributed by atoms with Crippen molar-refractivity contribution in [3.63, 3.8) is 0 Å². The van der Waals surface area contributed by atoms with Crippen LogP contribution in [-0.2, 0) is 4.79 Å². The third-order valence-electron chi connectivity index (χ3n) is 2.40. The smallest absolute Gasteiger partial charge is 0.274 e. The van der Waals surface area contributed by atoms with Crippen LogP contribution in [-0.4, -0.2) is 38.8 Å². The van der Waals surface area contributed by atoms with Gasteiger partial charge in [0.2, 0.25) is 5.91 Å². The molecule has 20 heavy (non-hydrogen) atoms. The van der Waals surface area contributed by atoms with Crippen LogP contribution in [0.1, 0.15) is 16.9 Å². The number of nitrogens with two attached hydrogens (primary N) is 1. The summed E-state index contributed by atoms with van der Waals surface area (Å²) in [7, 11) is 0. The van der Waals surface area contributed by atoms with Crippen molar-refractivity contribution in [3.8, 4) is 11.4 Å². The highest BCUT2D eigenvalue weighted by atomic mass is 19.1. The van der Waals surface area contributed by atoms with Crippen LogP contribution in [0.25, 0.3) is 11.4 Å². The van der Waals surface area contributed by atoms with Crippen LogP contribution in [0.2, 0.25) is 0 Å². The minimum atomic E-state index is -0.618. The number of aromatic nitrogens is 4. The first-order valence-corrected chi connectivity index (χ1v) is 5.67. The molecular weight excluding hydrogens is 267 g/mol. The molecule has 0 aliphatic rings. The summed E-state index contributed by atoms with van der Waals surface area (Å²) < 4.78 is 13.6. The van der Waals surface area contributed by atoms with E-state index >= 15 is 0 Å². The van der Waals surface area contributed by atoms with E-state index in [0.717, 1.165) is 0 Å². The van der Waals surface area contributed by atoms with Gasteiger partial charge in [-0.1, -0.05) is 0 Å². The first-order chi connectivity index (χ1) is 9.59. The monoisotopic (exact) mass is 278 g/mol. The number of hydrogen-bond acceptors (Lipinski definition) is 5. The summed E-state index contributed by atoms with van der Waals surface area (Å²) in [5.41, 5.74) is 4.77. The number of nitrogens with one attached hydrogen (secondary N) is 2. The van der Waals surface area contributed by atoms with Crippen molar-refractivity contribution in [3.05, 3.63) is 29.8 Å². The van der Waals surface area contributed by atoms with Gasteiger partial charge in [-0.05, 0) is 12.1 Å². The molecule has 2 aromatic heterocycles. The van der Waals surface area contributed by atoms with Gasteiger partial charge in [-0.15, -0.1) is 0 Å². The Morgan fingerprint density at radius 3 is 2.85 bits per heavy atom. The molecule has 0 aliphatic heterocycles. The van der Waals surface area contributed by atoms with Gasteiger partial charge < -0.3 is 11.1 Å². The van der Waals surface area contributed by atoms with Gasteiger partial charge >= 0.3 is 0 Å². The fraction of sp³-hybridized carbons (Fsp3) is 0.182. The molecule has 0 aliphatic carbocycles. The maximum Gasteiger partial charge on any atom is 0.274 e. The molecule has 0 bridgehead atoms. The number of aromatic amines is 1. The largest absolute Gasteiger partial charge is 0.370 e. The summed E-state index contributed by atoms with van der Waals surface area (Å²) in [6.07, 6.45) is 1.37. The molecule has 2 amide bonds. The Morgan fingerprint density at radius 2 is 2.15 bits per heavy atom. The predicted molar refractivity (Wildman–Crippen MR) is 65.7 cm³/mol. The molecule has 0 saturated carbocycles. The number of nitrogens with zero attached hydrogens (tertiary/aromatic N) is 3. The van der Waals surface area contributed by atoms with E-state index in [0.29, 0.717) is 0 Å². The van der Waals surface area contributed by atoms with E-state index in [1.807, 2.05) is 0 Å². The second kappa shape index (κ2) is 5.87. The average molecular weight is 278 g/mol. The molecule has 0 aromatic carbocycles. The van der Waals surface area contributed by atoms with Crippen LogP contribution in [0, 0.1) is 5.82 Å². The van der Waals surface area contributed by atoms with Gasteiger partial charge in [0.25, 0.3) is 5.91 Å². The van der Waals surface area contributed by atoms with Gasteiger partial charge in [-0.2, -0.15) is 15.4 Å². The lowest BCUT2D eigenvalue weighted by Gasteiger charge is -2.03. The summed E-state index contributed by atoms with van der Waals surface area (Å²) in [6, 6.07) is 2.62. The molecule has 0 spiro atoms. The highest BCUT2D eigenvalue weighted by molar-refractivity contribution is 5.97. The Bertz CT molecular complexity index is 641. The number of primary amides is 1. The molecule has 0 saturated heterocycles. The zero-order chi connectivity index (χ0) is 14.5. The fourth-order valence-electron chi connectivity index (χ4n) is 1.50. The number of carbonyl (C=O) groups is 2. The summed E-state index contributed by atoms with van der Waals surface area (Å²) in [5, 5.41) is 12.1. The third kappa shape index (κ3) is 2.94. The SMILES string of the molecule is NC(=O)CCNC(=O)c1n[nH]nc1-c1ncccc1F. The number of rotatable bonds is 5. The molecule has 8 nitrogen and oxygen atoms in total. The van der Waals surface area contributed by atoms with Gasteiger partial charge in [0.15, 0.2) is 11.5 Å². The van der Waals surface area contributed by atoms with Gasteiger partial charge in [0.05, 0.1) is 0 Å². The Balaban J connectivity index is 2.19. The van der Waals surface area contributed by atoms with Crippen molar-refractivity contribution < 1.29 is 14.0 Å². The van der Waals surface area contributed by atoms with Crippen molar-refractivity contribution in [2.45, 2.75) is 6.42 Å². The lowest BCUT2D eigenvalue weighted by molar-refractivity contribution is -0.117. The Labute approximate surface area is 112 Å². The van der Waals surface area contributed by atoms with Crippen molar-refractivity contribution in [2.75, 3.05) is 6.54 Å². The van der Waals surface area contributed by atoms with E-state index in [-0.39, 0.29) is 30.0 Å². The van der Waals surface area contributed by atoms with E-state index < -0.39 is 17.6 Å². The van der Waals surface area contributed by atoms with Crippen molar-refractivity contribution in [1.82, 2.24) is 25.7 Å². The van der Waals surface area contributed by atoms with Crippen molar-refractivity contribution in [2.24, 2.45) is 5.73 Å². The Kier molecular flexibility index (Phi) is 3.99. The minimum Gasteiger partial charge on any atom is -0.370 e. The van der Waals surface area contributed by atoms with Crippen molar-refractivity contribution >= 4 is 11.8 Å². The Hall–Kier alpha value is -2.84. The summed E-state index contributed by atoms with van der Waals surface area (Å²) in [4.78, 5) is 26.3.